The van der Waals surface area contributed by atoms with Crippen LogP contribution in [-0.4, -0.2) is 28.5 Å². The van der Waals surface area contributed by atoms with Crippen molar-refractivity contribution in [3.05, 3.63) is 0 Å². The third-order valence-electron chi connectivity index (χ3n) is 0.840. The van der Waals surface area contributed by atoms with E-state index in [0.717, 1.165) is 0 Å². The van der Waals surface area contributed by atoms with E-state index >= 15 is 0 Å². The fraction of sp³-hybridized carbons (Fsp3) is 1.00. The van der Waals surface area contributed by atoms with Crippen molar-refractivity contribution in [1.29, 1.82) is 0 Å². The smallest absolute Gasteiger partial charge is 0.339 e. The molecule has 0 spiro atoms. The van der Waals surface area contributed by atoms with Crippen molar-refractivity contribution < 1.29 is 8.85 Å². The minimum atomic E-state index is -1.50. The Morgan fingerprint density at radius 1 is 1.38 bits per heavy atom. The maximum absolute atomic E-state index is 5.66. The molecule has 8 heavy (non-hydrogen) atoms. The Balaban J connectivity index is 3.35. The number of alkyl halides is 1. The van der Waals surface area contributed by atoms with Gasteiger partial charge in [0.25, 0.3) is 0 Å². The molecule has 0 saturated heterocycles. The van der Waals surface area contributed by atoms with Gasteiger partial charge in [-0.2, -0.15) is 0 Å². The molecule has 0 amide bonds. The second kappa shape index (κ2) is 4.32. The largest absolute Gasteiger partial charge is 0.399 e. The van der Waals surface area contributed by atoms with Gasteiger partial charge in [-0.05, 0) is 6.92 Å². The first-order chi connectivity index (χ1) is 3.72. The minimum Gasteiger partial charge on any atom is -0.399 e. The van der Waals surface area contributed by atoms with Crippen LogP contribution in [0.4, 0.5) is 0 Å². The van der Waals surface area contributed by atoms with E-state index in [-0.39, 0.29) is 5.00 Å². The molecule has 1 unspecified atom stereocenters. The first kappa shape index (κ1) is 8.43. The van der Waals surface area contributed by atoms with Gasteiger partial charge >= 0.3 is 9.28 Å². The lowest BCUT2D eigenvalue weighted by atomic mass is 11.0. The van der Waals surface area contributed by atoms with Crippen LogP contribution >= 0.6 is 11.6 Å². The van der Waals surface area contributed by atoms with Gasteiger partial charge in [0.1, 0.15) is 0 Å². The van der Waals surface area contributed by atoms with Gasteiger partial charge in [-0.1, -0.05) is 0 Å². The van der Waals surface area contributed by atoms with Crippen molar-refractivity contribution in [1.82, 2.24) is 0 Å². The summed E-state index contributed by atoms with van der Waals surface area (Å²) in [4.78, 5) is 0. The predicted octanol–water partition coefficient (Wildman–Crippen LogP) is 0.666. The van der Waals surface area contributed by atoms with E-state index < -0.39 is 9.28 Å². The maximum Gasteiger partial charge on any atom is 0.339 e. The van der Waals surface area contributed by atoms with E-state index in [1.807, 2.05) is 6.92 Å². The molecule has 0 rings (SSSR count). The molecular formula is C4H11ClO2Si. The highest BCUT2D eigenvalue weighted by atomic mass is 35.5. The molecule has 0 saturated carbocycles. The quantitative estimate of drug-likeness (QED) is 0.440. The van der Waals surface area contributed by atoms with Gasteiger partial charge in [-0.25, -0.2) is 0 Å². The van der Waals surface area contributed by atoms with Crippen LogP contribution < -0.4 is 0 Å². The van der Waals surface area contributed by atoms with Gasteiger partial charge in [0.2, 0.25) is 0 Å². The monoisotopic (exact) mass is 154 g/mol. The Bertz CT molecular complexity index is 56.0. The molecule has 2 nitrogen and oxygen atoms in total. The molecule has 50 valence electrons. The molecule has 0 heterocycles. The molecule has 0 aromatic carbocycles. The lowest BCUT2D eigenvalue weighted by Crippen LogP contribution is -2.28. The van der Waals surface area contributed by atoms with Crippen LogP contribution in [0, 0.1) is 0 Å². The van der Waals surface area contributed by atoms with E-state index in [9.17, 15) is 0 Å². The first-order valence-electron chi connectivity index (χ1n) is 2.42. The van der Waals surface area contributed by atoms with Crippen molar-refractivity contribution in [2.75, 3.05) is 14.2 Å². The topological polar surface area (TPSA) is 18.5 Å². The molecular weight excluding hydrogens is 144 g/mol. The highest BCUT2D eigenvalue weighted by Gasteiger charge is 2.15. The summed E-state index contributed by atoms with van der Waals surface area (Å²) in [6.07, 6.45) is 0. The van der Waals surface area contributed by atoms with Gasteiger partial charge in [0.05, 0.1) is 5.00 Å². The van der Waals surface area contributed by atoms with Gasteiger partial charge in [-0.15, -0.1) is 11.6 Å². The van der Waals surface area contributed by atoms with E-state index in [1.54, 1.807) is 14.2 Å². The Morgan fingerprint density at radius 3 is 1.75 bits per heavy atom. The lowest BCUT2D eigenvalue weighted by molar-refractivity contribution is 0.276. The molecule has 0 aromatic rings. The molecule has 0 N–H and O–H groups in total. The number of rotatable bonds is 3. The summed E-state index contributed by atoms with van der Waals surface area (Å²) in [6, 6.07) is 0. The second-order valence-electron chi connectivity index (χ2n) is 1.52. The lowest BCUT2D eigenvalue weighted by Gasteiger charge is -2.11. The molecule has 0 bridgehead atoms. The highest BCUT2D eigenvalue weighted by Crippen LogP contribution is 2.00. The van der Waals surface area contributed by atoms with Crippen LogP contribution in [-0.2, 0) is 8.85 Å². The standard InChI is InChI=1S/C4H11ClO2Si/c1-4(5)8(6-2)7-3/h4,8H,1-3H3. The summed E-state index contributed by atoms with van der Waals surface area (Å²) >= 11 is 5.66. The van der Waals surface area contributed by atoms with Crippen molar-refractivity contribution in [3.63, 3.8) is 0 Å². The molecule has 0 fully saturated rings. The van der Waals surface area contributed by atoms with Gasteiger partial charge < -0.3 is 8.85 Å². The van der Waals surface area contributed by atoms with Crippen molar-refractivity contribution in [3.8, 4) is 0 Å². The zero-order valence-corrected chi connectivity index (χ0v) is 7.26. The number of hydrogen-bond donors (Lipinski definition) is 0. The summed E-state index contributed by atoms with van der Waals surface area (Å²) in [5.41, 5.74) is 0. The number of halogens is 1. The van der Waals surface area contributed by atoms with Crippen LogP contribution in [0.1, 0.15) is 6.92 Å². The predicted molar refractivity (Wildman–Crippen MR) is 36.5 cm³/mol. The Hall–Kier alpha value is 0.427. The fourth-order valence-corrected chi connectivity index (χ4v) is 2.03. The molecule has 0 aliphatic rings. The average Bonchev–Trinajstić information content (AvgIpc) is 1.69. The molecule has 0 radical (unpaired) electrons. The summed E-state index contributed by atoms with van der Waals surface area (Å²) in [5, 5.41) is 0.0463. The summed E-state index contributed by atoms with van der Waals surface area (Å²) in [6.45, 7) is 1.88. The highest BCUT2D eigenvalue weighted by molar-refractivity contribution is 6.58. The zero-order chi connectivity index (χ0) is 6.57. The normalized spacial score (nSPS) is 14.6. The van der Waals surface area contributed by atoms with Crippen LogP contribution in [0.3, 0.4) is 0 Å². The van der Waals surface area contributed by atoms with Crippen molar-refractivity contribution in [2.24, 2.45) is 0 Å². The maximum atomic E-state index is 5.66. The SMILES string of the molecule is CO[SiH](OC)C(C)Cl. The molecule has 0 aliphatic heterocycles. The van der Waals surface area contributed by atoms with Crippen LogP contribution in [0.25, 0.3) is 0 Å². The second-order valence-corrected chi connectivity index (χ2v) is 5.31. The van der Waals surface area contributed by atoms with Crippen LogP contribution in [0.15, 0.2) is 0 Å². The third kappa shape index (κ3) is 2.67. The number of hydrogen-bond acceptors (Lipinski definition) is 2. The minimum absolute atomic E-state index is 0.0463. The van der Waals surface area contributed by atoms with Crippen LogP contribution in [0.5, 0.6) is 0 Å². The summed E-state index contributed by atoms with van der Waals surface area (Å²) in [7, 11) is 1.75. The van der Waals surface area contributed by atoms with Gasteiger partial charge in [0.15, 0.2) is 0 Å². The summed E-state index contributed by atoms with van der Waals surface area (Å²) in [5.74, 6) is 0. The fourth-order valence-electron chi connectivity index (χ4n) is 0.471. The van der Waals surface area contributed by atoms with E-state index in [0.29, 0.717) is 0 Å². The third-order valence-corrected chi connectivity index (χ3v) is 3.14. The zero-order valence-electron chi connectivity index (χ0n) is 5.35. The first-order valence-corrected chi connectivity index (χ1v) is 4.46. The van der Waals surface area contributed by atoms with Gasteiger partial charge in [-0.3, -0.25) is 0 Å². The molecule has 1 atom stereocenters. The Kier molecular flexibility index (Phi) is 4.55. The Labute approximate surface area is 56.6 Å². The van der Waals surface area contributed by atoms with E-state index in [1.165, 1.54) is 0 Å². The van der Waals surface area contributed by atoms with Crippen LogP contribution in [0.2, 0.25) is 0 Å². The van der Waals surface area contributed by atoms with Crippen molar-refractivity contribution in [2.45, 2.75) is 11.9 Å². The molecule has 0 aromatic heterocycles. The Morgan fingerprint density at radius 2 is 1.75 bits per heavy atom. The van der Waals surface area contributed by atoms with E-state index in [2.05, 4.69) is 0 Å². The molecule has 0 aliphatic carbocycles. The van der Waals surface area contributed by atoms with Gasteiger partial charge in [0, 0.05) is 14.2 Å². The molecule has 4 heteroatoms. The van der Waals surface area contributed by atoms with Crippen molar-refractivity contribution >= 4 is 20.9 Å². The summed E-state index contributed by atoms with van der Waals surface area (Å²) < 4.78 is 9.89. The van der Waals surface area contributed by atoms with E-state index in [4.69, 9.17) is 20.5 Å². The average molecular weight is 155 g/mol.